The normalized spacial score (nSPS) is 12.8. The first-order chi connectivity index (χ1) is 9.76. The van der Waals surface area contributed by atoms with Crippen LogP contribution in [-0.4, -0.2) is 18.4 Å². The molecule has 3 nitrogen and oxygen atoms in total. The molecule has 0 amide bonds. The van der Waals surface area contributed by atoms with E-state index in [0.717, 1.165) is 0 Å². The number of unbranched alkanes of at least 4 members (excludes halogenated alkanes) is 8. The molecule has 0 aromatic heterocycles. The van der Waals surface area contributed by atoms with Gasteiger partial charge in [-0.15, -0.1) is 0 Å². The molecule has 0 bridgehead atoms. The summed E-state index contributed by atoms with van der Waals surface area (Å²) in [5.74, 6) is 0. The highest BCUT2D eigenvalue weighted by Gasteiger charge is 2.18. The smallest absolute Gasteiger partial charge is 0.430 e. The van der Waals surface area contributed by atoms with Crippen molar-refractivity contribution >= 4 is 16.0 Å². The Morgan fingerprint density at radius 2 is 1.35 bits per heavy atom. The van der Waals surface area contributed by atoms with E-state index in [1.807, 2.05) is 0 Å². The highest BCUT2D eigenvalue weighted by molar-refractivity contribution is 7.51. The molecule has 0 aromatic rings. The summed E-state index contributed by atoms with van der Waals surface area (Å²) in [6.07, 6.45) is 15.4. The lowest BCUT2D eigenvalue weighted by Crippen LogP contribution is -2.14. The second-order valence-corrected chi connectivity index (χ2v) is 7.39. The Balaban J connectivity index is 3.82. The summed E-state index contributed by atoms with van der Waals surface area (Å²) >= 11 is 0. The molecule has 0 fully saturated rings. The summed E-state index contributed by atoms with van der Waals surface area (Å²) < 4.78 is 5.26. The fourth-order valence-electron chi connectivity index (χ4n) is 2.54. The predicted octanol–water partition coefficient (Wildman–Crippen LogP) is 4.62. The third-order valence-electron chi connectivity index (χ3n) is 3.85. The van der Waals surface area contributed by atoms with Crippen molar-refractivity contribution in [3.8, 4) is 0 Å². The minimum atomic E-state index is -0.943. The number of nitrogens with two attached hydrogens (primary N) is 1. The lowest BCUT2D eigenvalue weighted by molar-refractivity contribution is 0.463. The molecule has 0 aromatic carbocycles. The first-order valence-electron chi connectivity index (χ1n) is 8.53. The Morgan fingerprint density at radius 3 is 1.75 bits per heavy atom. The van der Waals surface area contributed by atoms with E-state index >= 15 is 0 Å². The van der Waals surface area contributed by atoms with Crippen molar-refractivity contribution in [3.63, 3.8) is 0 Å². The van der Waals surface area contributed by atoms with Gasteiger partial charge < -0.3 is 9.47 Å². The average Bonchev–Trinajstić information content (AvgIpc) is 2.44. The summed E-state index contributed by atoms with van der Waals surface area (Å²) in [5.41, 5.74) is 6.57. The molecule has 20 heavy (non-hydrogen) atoms. The largest absolute Gasteiger partial charge is 0.439 e. The van der Waals surface area contributed by atoms with Crippen LogP contribution in [0.5, 0.6) is 0 Å². The molecule has 5 heteroatoms. The van der Waals surface area contributed by atoms with Gasteiger partial charge in [-0.1, -0.05) is 78.1 Å². The maximum atomic E-state index is 8.88. The molecule has 120 valence electrons. The zero-order valence-electron chi connectivity index (χ0n) is 13.6. The van der Waals surface area contributed by atoms with E-state index in [0.29, 0.717) is 5.66 Å². The van der Waals surface area contributed by atoms with Crippen molar-refractivity contribution in [3.05, 3.63) is 0 Å². The Kier molecular flexibility index (Phi) is 16.1. The molecule has 0 aliphatic rings. The SMILES string of the molecule is CCCCCCCC(CCCCCCC)P(N)OBO. The van der Waals surface area contributed by atoms with E-state index in [2.05, 4.69) is 13.8 Å². The quantitative estimate of drug-likeness (QED) is 0.264. The molecular formula is C15H35BNO2P. The van der Waals surface area contributed by atoms with Gasteiger partial charge >= 0.3 is 7.69 Å². The molecule has 1 unspecified atom stereocenters. The summed E-state index contributed by atoms with van der Waals surface area (Å²) in [5, 5.41) is 8.88. The van der Waals surface area contributed by atoms with Crippen LogP contribution in [-0.2, 0) is 4.44 Å². The van der Waals surface area contributed by atoms with Crippen LogP contribution >= 0.6 is 8.30 Å². The molecule has 0 saturated heterocycles. The van der Waals surface area contributed by atoms with Crippen molar-refractivity contribution in [2.24, 2.45) is 5.50 Å². The highest BCUT2D eigenvalue weighted by Crippen LogP contribution is 2.39. The van der Waals surface area contributed by atoms with Gasteiger partial charge in [0.1, 0.15) is 0 Å². The fraction of sp³-hybridized carbons (Fsp3) is 1.00. The van der Waals surface area contributed by atoms with Gasteiger partial charge in [-0.05, 0) is 12.8 Å². The van der Waals surface area contributed by atoms with Crippen molar-refractivity contribution in [2.45, 2.75) is 96.6 Å². The maximum Gasteiger partial charge on any atom is 0.439 e. The van der Waals surface area contributed by atoms with Gasteiger partial charge in [0.15, 0.2) is 0 Å². The van der Waals surface area contributed by atoms with E-state index in [4.69, 9.17) is 15.0 Å². The molecule has 3 N–H and O–H groups in total. The van der Waals surface area contributed by atoms with Crippen molar-refractivity contribution in [2.75, 3.05) is 0 Å². The standard InChI is InChI=1S/C15H35BNO2P/c1-3-5-7-9-11-13-15(20(17)19-16-18)14-12-10-8-6-4-2/h15-16,18H,3-14,17H2,1-2H3. The molecule has 0 aliphatic heterocycles. The number of rotatable bonds is 15. The molecular weight excluding hydrogens is 268 g/mol. The van der Waals surface area contributed by atoms with Gasteiger partial charge in [0.25, 0.3) is 0 Å². The van der Waals surface area contributed by atoms with E-state index < -0.39 is 8.30 Å². The van der Waals surface area contributed by atoms with Gasteiger partial charge in [0.2, 0.25) is 0 Å². The zero-order chi connectivity index (χ0) is 15.1. The first kappa shape index (κ1) is 20.4. The lowest BCUT2D eigenvalue weighted by atomic mass is 10.0. The monoisotopic (exact) mass is 303 g/mol. The van der Waals surface area contributed by atoms with Gasteiger partial charge in [0, 0.05) is 5.66 Å². The molecule has 0 aliphatic carbocycles. The molecule has 0 spiro atoms. The first-order valence-corrected chi connectivity index (χ1v) is 9.93. The third-order valence-corrected chi connectivity index (χ3v) is 5.50. The van der Waals surface area contributed by atoms with Gasteiger partial charge in [-0.3, -0.25) is 5.50 Å². The molecule has 1 atom stereocenters. The summed E-state index contributed by atoms with van der Waals surface area (Å²) in [4.78, 5) is 0. The maximum absolute atomic E-state index is 8.88. The number of hydrogen-bond acceptors (Lipinski definition) is 3. The van der Waals surface area contributed by atoms with Crippen LogP contribution in [0, 0.1) is 0 Å². The van der Waals surface area contributed by atoms with E-state index in [1.54, 1.807) is 0 Å². The van der Waals surface area contributed by atoms with Crippen molar-refractivity contribution in [1.29, 1.82) is 0 Å². The van der Waals surface area contributed by atoms with Gasteiger partial charge in [0.05, 0.1) is 8.30 Å². The Labute approximate surface area is 128 Å². The molecule has 0 radical (unpaired) electrons. The van der Waals surface area contributed by atoms with E-state index in [1.165, 1.54) is 77.0 Å². The Morgan fingerprint density at radius 1 is 0.900 bits per heavy atom. The Bertz CT molecular complexity index is 185. The Hall–Kier alpha value is 0.375. The number of hydrogen-bond donors (Lipinski definition) is 2. The minimum Gasteiger partial charge on any atom is -0.430 e. The molecule has 0 saturated carbocycles. The average molecular weight is 303 g/mol. The topological polar surface area (TPSA) is 55.5 Å². The summed E-state index contributed by atoms with van der Waals surface area (Å²) in [6, 6.07) is 0. The second kappa shape index (κ2) is 15.8. The van der Waals surface area contributed by atoms with Crippen LogP contribution < -0.4 is 5.50 Å². The minimum absolute atomic E-state index is 0.232. The van der Waals surface area contributed by atoms with E-state index in [-0.39, 0.29) is 7.69 Å². The highest BCUT2D eigenvalue weighted by atomic mass is 31.2. The van der Waals surface area contributed by atoms with Gasteiger partial charge in [-0.25, -0.2) is 0 Å². The van der Waals surface area contributed by atoms with Crippen LogP contribution in [0.1, 0.15) is 90.9 Å². The third kappa shape index (κ3) is 12.1. The summed E-state index contributed by atoms with van der Waals surface area (Å²) in [7, 11) is -1.17. The van der Waals surface area contributed by atoms with Crippen molar-refractivity contribution < 1.29 is 9.47 Å². The predicted molar refractivity (Wildman–Crippen MR) is 92.1 cm³/mol. The van der Waals surface area contributed by atoms with Crippen molar-refractivity contribution in [1.82, 2.24) is 0 Å². The van der Waals surface area contributed by atoms with E-state index in [9.17, 15) is 0 Å². The van der Waals surface area contributed by atoms with Crippen LogP contribution in [0.25, 0.3) is 0 Å². The van der Waals surface area contributed by atoms with Crippen LogP contribution in [0.4, 0.5) is 0 Å². The molecule has 0 rings (SSSR count). The lowest BCUT2D eigenvalue weighted by Gasteiger charge is -2.23. The summed E-state index contributed by atoms with van der Waals surface area (Å²) in [6.45, 7) is 4.49. The van der Waals surface area contributed by atoms with Crippen LogP contribution in [0.2, 0.25) is 0 Å². The van der Waals surface area contributed by atoms with Crippen LogP contribution in [0.3, 0.4) is 0 Å². The van der Waals surface area contributed by atoms with Gasteiger partial charge in [-0.2, -0.15) is 0 Å². The second-order valence-electron chi connectivity index (χ2n) is 5.68. The molecule has 0 heterocycles. The zero-order valence-corrected chi connectivity index (χ0v) is 14.5. The van der Waals surface area contributed by atoms with Crippen LogP contribution in [0.15, 0.2) is 0 Å². The fourth-order valence-corrected chi connectivity index (χ4v) is 3.76.